The third-order valence-electron chi connectivity index (χ3n) is 5.93. The third kappa shape index (κ3) is 6.47. The highest BCUT2D eigenvalue weighted by Gasteiger charge is 2.16. The average Bonchev–Trinajstić information content (AvgIpc) is 2.96. The van der Waals surface area contributed by atoms with Gasteiger partial charge in [-0.15, -0.1) is 0 Å². The highest BCUT2D eigenvalue weighted by molar-refractivity contribution is 5.97. The summed E-state index contributed by atoms with van der Waals surface area (Å²) in [7, 11) is 3.11. The van der Waals surface area contributed by atoms with E-state index in [4.69, 9.17) is 14.2 Å². The number of amides is 2. The fourth-order valence-electron chi connectivity index (χ4n) is 3.81. The Kier molecular flexibility index (Phi) is 8.56. The molecule has 0 aromatic heterocycles. The summed E-state index contributed by atoms with van der Waals surface area (Å²) in [6.07, 6.45) is 1.49. The molecule has 0 radical (unpaired) electrons. The van der Waals surface area contributed by atoms with E-state index in [1.807, 2.05) is 30.3 Å². The van der Waals surface area contributed by atoms with Crippen LogP contribution < -0.4 is 25.0 Å². The van der Waals surface area contributed by atoms with Crippen LogP contribution in [0.4, 0.5) is 0 Å². The topological polar surface area (TPSA) is 98.2 Å². The minimum Gasteiger partial charge on any atom is -0.497 e. The van der Waals surface area contributed by atoms with Gasteiger partial charge in [0.15, 0.2) is 11.5 Å². The normalized spacial score (nSPS) is 11.7. The molecule has 0 aliphatic rings. The largest absolute Gasteiger partial charge is 0.497 e. The van der Waals surface area contributed by atoms with Gasteiger partial charge in [0.1, 0.15) is 18.4 Å². The van der Waals surface area contributed by atoms with Crippen molar-refractivity contribution < 1.29 is 23.8 Å². The highest BCUT2D eigenvalue weighted by Crippen LogP contribution is 2.29. The number of rotatable bonds is 10. The molecule has 1 unspecified atom stereocenters. The van der Waals surface area contributed by atoms with Gasteiger partial charge in [0, 0.05) is 5.56 Å². The van der Waals surface area contributed by atoms with Crippen LogP contribution in [0, 0.1) is 0 Å². The summed E-state index contributed by atoms with van der Waals surface area (Å²) >= 11 is 0. The Morgan fingerprint density at radius 1 is 0.895 bits per heavy atom. The molecular formula is C30H29N3O5. The molecule has 0 aliphatic heterocycles. The lowest BCUT2D eigenvalue weighted by molar-refractivity contribution is -0.122. The molecule has 0 spiro atoms. The van der Waals surface area contributed by atoms with E-state index in [1.165, 1.54) is 6.21 Å². The summed E-state index contributed by atoms with van der Waals surface area (Å²) in [5.74, 6) is 0.952. The monoisotopic (exact) mass is 511 g/mol. The standard InChI is InChI=1S/C30H29N3O5/c1-20(32-30(35)23-12-14-25(36-2)15-13-23)29(34)33-31-18-21-11-16-27(28(17-21)37-3)38-19-24-9-6-8-22-7-4-5-10-26(22)24/h4-18,20H,19H2,1-3H3,(H,32,35)(H,33,34). The van der Waals surface area contributed by atoms with Crippen molar-refractivity contribution in [2.75, 3.05) is 14.2 Å². The number of ether oxygens (including phenoxy) is 3. The van der Waals surface area contributed by atoms with Crippen molar-refractivity contribution in [3.05, 3.63) is 102 Å². The van der Waals surface area contributed by atoms with Crippen molar-refractivity contribution >= 4 is 28.8 Å². The molecule has 2 N–H and O–H groups in total. The number of carbonyl (C=O) groups excluding carboxylic acids is 2. The van der Waals surface area contributed by atoms with E-state index in [0.717, 1.165) is 16.3 Å². The molecule has 38 heavy (non-hydrogen) atoms. The van der Waals surface area contributed by atoms with Gasteiger partial charge in [0.05, 0.1) is 20.4 Å². The fraction of sp³-hybridized carbons (Fsp3) is 0.167. The lowest BCUT2D eigenvalue weighted by atomic mass is 10.1. The Labute approximate surface area is 221 Å². The van der Waals surface area contributed by atoms with Gasteiger partial charge in [-0.3, -0.25) is 9.59 Å². The van der Waals surface area contributed by atoms with Gasteiger partial charge >= 0.3 is 0 Å². The lowest BCUT2D eigenvalue weighted by Crippen LogP contribution is -2.43. The van der Waals surface area contributed by atoms with Crippen LogP contribution in [0.25, 0.3) is 10.8 Å². The molecule has 4 aromatic carbocycles. The lowest BCUT2D eigenvalue weighted by Gasteiger charge is -2.13. The van der Waals surface area contributed by atoms with Crippen molar-refractivity contribution in [2.45, 2.75) is 19.6 Å². The van der Waals surface area contributed by atoms with Crippen LogP contribution in [-0.2, 0) is 11.4 Å². The minimum atomic E-state index is -0.791. The summed E-state index contributed by atoms with van der Waals surface area (Å²) in [6.45, 7) is 1.97. The maximum absolute atomic E-state index is 12.4. The minimum absolute atomic E-state index is 0.372. The molecular weight excluding hydrogens is 482 g/mol. The Morgan fingerprint density at radius 2 is 1.66 bits per heavy atom. The van der Waals surface area contributed by atoms with E-state index in [-0.39, 0.29) is 5.91 Å². The fourth-order valence-corrected chi connectivity index (χ4v) is 3.81. The van der Waals surface area contributed by atoms with Crippen LogP contribution in [0.15, 0.2) is 90.0 Å². The number of hydrazone groups is 1. The summed E-state index contributed by atoms with van der Waals surface area (Å²) in [4.78, 5) is 24.8. The maximum atomic E-state index is 12.4. The molecule has 0 bridgehead atoms. The van der Waals surface area contributed by atoms with E-state index in [1.54, 1.807) is 57.5 Å². The second-order valence-corrected chi connectivity index (χ2v) is 8.50. The molecule has 4 rings (SSSR count). The molecule has 4 aromatic rings. The SMILES string of the molecule is COc1ccc(C(=O)NC(C)C(=O)NN=Cc2ccc(OCc3cccc4ccccc34)c(OC)c2)cc1. The summed E-state index contributed by atoms with van der Waals surface area (Å²) in [5.41, 5.74) is 4.64. The van der Waals surface area contributed by atoms with Crippen LogP contribution in [-0.4, -0.2) is 38.3 Å². The summed E-state index contributed by atoms with van der Waals surface area (Å²) < 4.78 is 16.6. The number of nitrogens with one attached hydrogen (secondary N) is 2. The smallest absolute Gasteiger partial charge is 0.262 e. The number of fused-ring (bicyclic) bond motifs is 1. The molecule has 0 aliphatic carbocycles. The Balaban J connectivity index is 1.33. The summed E-state index contributed by atoms with van der Waals surface area (Å²) in [6, 6.07) is 25.5. The number of carbonyl (C=O) groups is 2. The average molecular weight is 512 g/mol. The number of hydrogen-bond acceptors (Lipinski definition) is 6. The van der Waals surface area contributed by atoms with Gasteiger partial charge in [-0.2, -0.15) is 5.10 Å². The molecule has 2 amide bonds. The van der Waals surface area contributed by atoms with Gasteiger partial charge in [0.2, 0.25) is 0 Å². The Bertz CT molecular complexity index is 1450. The van der Waals surface area contributed by atoms with Gasteiger partial charge in [-0.25, -0.2) is 5.43 Å². The van der Waals surface area contributed by atoms with E-state index in [2.05, 4.69) is 34.0 Å². The second-order valence-electron chi connectivity index (χ2n) is 8.50. The molecule has 0 heterocycles. The van der Waals surface area contributed by atoms with Crippen molar-refractivity contribution in [1.29, 1.82) is 0 Å². The van der Waals surface area contributed by atoms with Crippen LogP contribution in [0.5, 0.6) is 17.2 Å². The zero-order chi connectivity index (χ0) is 26.9. The second kappa shape index (κ2) is 12.4. The first-order valence-electron chi connectivity index (χ1n) is 12.0. The summed E-state index contributed by atoms with van der Waals surface area (Å²) in [5, 5.41) is 8.95. The molecule has 8 heteroatoms. The number of methoxy groups -OCH3 is 2. The van der Waals surface area contributed by atoms with E-state index in [0.29, 0.717) is 35.0 Å². The first-order valence-corrected chi connectivity index (χ1v) is 12.0. The van der Waals surface area contributed by atoms with Crippen molar-refractivity contribution in [1.82, 2.24) is 10.7 Å². The van der Waals surface area contributed by atoms with Crippen molar-refractivity contribution in [3.8, 4) is 17.2 Å². The first-order chi connectivity index (χ1) is 18.5. The zero-order valence-electron chi connectivity index (χ0n) is 21.4. The zero-order valence-corrected chi connectivity index (χ0v) is 21.4. The van der Waals surface area contributed by atoms with E-state index < -0.39 is 11.9 Å². The number of hydrogen-bond donors (Lipinski definition) is 2. The first kappa shape index (κ1) is 26.2. The van der Waals surface area contributed by atoms with Crippen molar-refractivity contribution in [3.63, 3.8) is 0 Å². The van der Waals surface area contributed by atoms with Crippen LogP contribution in [0.1, 0.15) is 28.4 Å². The molecule has 0 fully saturated rings. The Morgan fingerprint density at radius 3 is 2.42 bits per heavy atom. The van der Waals surface area contributed by atoms with Crippen molar-refractivity contribution in [2.24, 2.45) is 5.10 Å². The predicted molar refractivity (Wildman–Crippen MR) is 147 cm³/mol. The molecule has 1 atom stereocenters. The van der Waals surface area contributed by atoms with Gasteiger partial charge in [0.25, 0.3) is 11.8 Å². The third-order valence-corrected chi connectivity index (χ3v) is 5.93. The van der Waals surface area contributed by atoms with E-state index >= 15 is 0 Å². The molecule has 0 saturated heterocycles. The van der Waals surface area contributed by atoms with Gasteiger partial charge < -0.3 is 19.5 Å². The van der Waals surface area contributed by atoms with Crippen LogP contribution >= 0.6 is 0 Å². The van der Waals surface area contributed by atoms with Crippen LogP contribution in [0.2, 0.25) is 0 Å². The molecule has 0 saturated carbocycles. The quantitative estimate of drug-likeness (QED) is 0.238. The van der Waals surface area contributed by atoms with Crippen LogP contribution in [0.3, 0.4) is 0 Å². The number of nitrogens with zero attached hydrogens (tertiary/aromatic N) is 1. The maximum Gasteiger partial charge on any atom is 0.262 e. The predicted octanol–water partition coefficient (Wildman–Crippen LogP) is 4.70. The van der Waals surface area contributed by atoms with E-state index in [9.17, 15) is 9.59 Å². The molecule has 194 valence electrons. The Hall–Kier alpha value is -4.85. The number of benzene rings is 4. The highest BCUT2D eigenvalue weighted by atomic mass is 16.5. The van der Waals surface area contributed by atoms with Gasteiger partial charge in [-0.1, -0.05) is 42.5 Å². The molecule has 8 nitrogen and oxygen atoms in total. The van der Waals surface area contributed by atoms with Gasteiger partial charge in [-0.05, 0) is 71.3 Å².